The van der Waals surface area contributed by atoms with Crippen LogP contribution < -0.4 is 9.47 Å². The molecule has 0 N–H and O–H groups in total. The molecule has 0 amide bonds. The van der Waals surface area contributed by atoms with E-state index in [1.54, 1.807) is 18.2 Å². The highest BCUT2D eigenvalue weighted by atomic mass is 35.5. The smallest absolute Gasteiger partial charge is 0.349 e. The van der Waals surface area contributed by atoms with Gasteiger partial charge < -0.3 is 9.47 Å². The van der Waals surface area contributed by atoms with Crippen molar-refractivity contribution in [3.63, 3.8) is 0 Å². The highest BCUT2D eigenvalue weighted by Gasteiger charge is 2.08. The molecule has 0 unspecified atom stereocenters. The van der Waals surface area contributed by atoms with Crippen LogP contribution in [0, 0.1) is 13.8 Å². The molecule has 0 aliphatic carbocycles. The first-order chi connectivity index (χ1) is 9.56. The molecular weight excluding hydrogens is 276 g/mol. The van der Waals surface area contributed by atoms with Crippen LogP contribution in [0.3, 0.4) is 0 Å². The van der Waals surface area contributed by atoms with Crippen molar-refractivity contribution in [2.45, 2.75) is 13.8 Å². The quantitative estimate of drug-likeness (QED) is 0.632. The number of para-hydroxylation sites is 1. The van der Waals surface area contributed by atoms with E-state index in [9.17, 15) is 4.79 Å². The summed E-state index contributed by atoms with van der Waals surface area (Å²) in [6, 6.07) is 12.6. The maximum absolute atomic E-state index is 11.7. The van der Waals surface area contributed by atoms with Crippen LogP contribution in [0.4, 0.5) is 0 Å². The summed E-state index contributed by atoms with van der Waals surface area (Å²) in [5.41, 5.74) is 1.83. The molecule has 2 rings (SSSR count). The zero-order valence-corrected chi connectivity index (χ0v) is 12.1. The summed E-state index contributed by atoms with van der Waals surface area (Å²) in [6.07, 6.45) is 0. The summed E-state index contributed by atoms with van der Waals surface area (Å²) in [5, 5.41) is 0.640. The van der Waals surface area contributed by atoms with Crippen LogP contribution in [-0.4, -0.2) is 12.6 Å². The lowest BCUT2D eigenvalue weighted by Crippen LogP contribution is -2.18. The normalized spacial score (nSPS) is 10.2. The summed E-state index contributed by atoms with van der Waals surface area (Å²) in [4.78, 5) is 11.7. The average Bonchev–Trinajstić information content (AvgIpc) is 2.42. The molecule has 0 aromatic heterocycles. The highest BCUT2D eigenvalue weighted by Crippen LogP contribution is 2.21. The van der Waals surface area contributed by atoms with E-state index in [1.165, 1.54) is 0 Å². The number of esters is 1. The van der Waals surface area contributed by atoms with Gasteiger partial charge in [0.05, 0.1) is 0 Å². The Balaban J connectivity index is 1.93. The summed E-state index contributed by atoms with van der Waals surface area (Å²) >= 11 is 5.91. The van der Waals surface area contributed by atoms with Crippen LogP contribution in [0.25, 0.3) is 0 Å². The van der Waals surface area contributed by atoms with Gasteiger partial charge in [-0.05, 0) is 49.2 Å². The summed E-state index contributed by atoms with van der Waals surface area (Å²) in [7, 11) is 0. The second-order valence-electron chi connectivity index (χ2n) is 4.44. The second-order valence-corrected chi connectivity index (χ2v) is 4.85. The first-order valence-corrected chi connectivity index (χ1v) is 6.59. The molecule has 0 atom stereocenters. The molecule has 3 nitrogen and oxygen atoms in total. The van der Waals surface area contributed by atoms with Gasteiger partial charge in [-0.15, -0.1) is 0 Å². The largest absolute Gasteiger partial charge is 0.482 e. The van der Waals surface area contributed by atoms with Crippen LogP contribution in [0.1, 0.15) is 11.1 Å². The van der Waals surface area contributed by atoms with E-state index in [0.29, 0.717) is 16.5 Å². The third-order valence-electron chi connectivity index (χ3n) is 2.80. The lowest BCUT2D eigenvalue weighted by Gasteiger charge is -2.09. The molecule has 0 aliphatic rings. The summed E-state index contributed by atoms with van der Waals surface area (Å²) in [5.74, 6) is 0.692. The first-order valence-electron chi connectivity index (χ1n) is 6.21. The molecule has 4 heteroatoms. The second kappa shape index (κ2) is 6.44. The fourth-order valence-corrected chi connectivity index (χ4v) is 1.81. The number of rotatable bonds is 4. The molecular formula is C16H15ClO3. The lowest BCUT2D eigenvalue weighted by atomic mass is 10.2. The van der Waals surface area contributed by atoms with Crippen molar-refractivity contribution < 1.29 is 14.3 Å². The maximum atomic E-state index is 11.7. The Morgan fingerprint density at radius 3 is 2.55 bits per heavy atom. The molecule has 0 aliphatic heterocycles. The molecule has 0 radical (unpaired) electrons. The zero-order chi connectivity index (χ0) is 14.5. The average molecular weight is 291 g/mol. The van der Waals surface area contributed by atoms with E-state index < -0.39 is 5.97 Å². The minimum Gasteiger partial charge on any atom is -0.482 e. The molecule has 0 spiro atoms. The molecule has 20 heavy (non-hydrogen) atoms. The Hall–Kier alpha value is -2.00. The third-order valence-corrected chi connectivity index (χ3v) is 3.22. The number of aryl methyl sites for hydroxylation is 2. The predicted molar refractivity (Wildman–Crippen MR) is 78.5 cm³/mol. The highest BCUT2D eigenvalue weighted by molar-refractivity contribution is 6.31. The number of benzene rings is 2. The molecule has 0 heterocycles. The monoisotopic (exact) mass is 290 g/mol. The predicted octanol–water partition coefficient (Wildman–Crippen LogP) is 3.94. The minimum absolute atomic E-state index is 0.132. The fraction of sp³-hybridized carbons (Fsp3) is 0.188. The number of carbonyl (C=O) groups excluding carboxylic acids is 1. The molecule has 0 saturated heterocycles. The summed E-state index contributed by atoms with van der Waals surface area (Å²) in [6.45, 7) is 3.64. The van der Waals surface area contributed by atoms with Crippen molar-refractivity contribution >= 4 is 17.6 Å². The van der Waals surface area contributed by atoms with Gasteiger partial charge in [-0.3, -0.25) is 0 Å². The Kier molecular flexibility index (Phi) is 4.64. The molecule has 0 fully saturated rings. The molecule has 0 bridgehead atoms. The third kappa shape index (κ3) is 3.75. The first kappa shape index (κ1) is 14.4. The Morgan fingerprint density at radius 2 is 1.85 bits per heavy atom. The topological polar surface area (TPSA) is 35.5 Å². The van der Waals surface area contributed by atoms with E-state index in [4.69, 9.17) is 21.1 Å². The van der Waals surface area contributed by atoms with E-state index in [1.807, 2.05) is 38.1 Å². The van der Waals surface area contributed by atoms with Gasteiger partial charge >= 0.3 is 5.97 Å². The van der Waals surface area contributed by atoms with Gasteiger partial charge in [-0.25, -0.2) is 4.79 Å². The van der Waals surface area contributed by atoms with Crippen LogP contribution in [0.15, 0.2) is 42.5 Å². The Morgan fingerprint density at radius 1 is 1.10 bits per heavy atom. The van der Waals surface area contributed by atoms with Gasteiger partial charge in [0.2, 0.25) is 0 Å². The van der Waals surface area contributed by atoms with Gasteiger partial charge in [0.1, 0.15) is 11.5 Å². The lowest BCUT2D eigenvalue weighted by molar-refractivity contribution is -0.136. The Bertz CT molecular complexity index is 623. The minimum atomic E-state index is -0.449. The zero-order valence-electron chi connectivity index (χ0n) is 11.4. The van der Waals surface area contributed by atoms with E-state index in [2.05, 4.69) is 0 Å². The van der Waals surface area contributed by atoms with Crippen molar-refractivity contribution in [1.82, 2.24) is 0 Å². The van der Waals surface area contributed by atoms with Crippen molar-refractivity contribution in [3.8, 4) is 11.5 Å². The molecule has 104 valence electrons. The van der Waals surface area contributed by atoms with Gasteiger partial charge in [-0.1, -0.05) is 29.8 Å². The van der Waals surface area contributed by atoms with E-state index in [0.717, 1.165) is 11.1 Å². The van der Waals surface area contributed by atoms with E-state index >= 15 is 0 Å². The van der Waals surface area contributed by atoms with Crippen molar-refractivity contribution in [2.75, 3.05) is 6.61 Å². The SMILES string of the molecule is Cc1cc(OC(=O)COc2ccccc2C)ccc1Cl. The van der Waals surface area contributed by atoms with Gasteiger partial charge in [0.15, 0.2) is 6.61 Å². The van der Waals surface area contributed by atoms with Crippen LogP contribution >= 0.6 is 11.6 Å². The Labute approximate surface area is 123 Å². The number of hydrogen-bond acceptors (Lipinski definition) is 3. The summed E-state index contributed by atoms with van der Waals surface area (Å²) < 4.78 is 10.6. The molecule has 2 aromatic rings. The molecule has 2 aromatic carbocycles. The standard InChI is InChI=1S/C16H15ClO3/c1-11-5-3-4-6-15(11)19-10-16(18)20-13-7-8-14(17)12(2)9-13/h3-9H,10H2,1-2H3. The van der Waals surface area contributed by atoms with Gasteiger partial charge in [0.25, 0.3) is 0 Å². The number of ether oxygens (including phenoxy) is 2. The van der Waals surface area contributed by atoms with Gasteiger partial charge in [-0.2, -0.15) is 0 Å². The van der Waals surface area contributed by atoms with Gasteiger partial charge in [0, 0.05) is 5.02 Å². The number of halogens is 1. The van der Waals surface area contributed by atoms with Crippen LogP contribution in [-0.2, 0) is 4.79 Å². The van der Waals surface area contributed by atoms with Crippen molar-refractivity contribution in [1.29, 1.82) is 0 Å². The number of hydrogen-bond donors (Lipinski definition) is 0. The van der Waals surface area contributed by atoms with Crippen molar-refractivity contribution in [2.24, 2.45) is 0 Å². The van der Waals surface area contributed by atoms with Crippen LogP contribution in [0.5, 0.6) is 11.5 Å². The molecule has 0 saturated carbocycles. The number of carbonyl (C=O) groups is 1. The van der Waals surface area contributed by atoms with E-state index in [-0.39, 0.29) is 6.61 Å². The maximum Gasteiger partial charge on any atom is 0.349 e. The van der Waals surface area contributed by atoms with Crippen molar-refractivity contribution in [3.05, 3.63) is 58.6 Å². The fourth-order valence-electron chi connectivity index (χ4n) is 1.70. The van der Waals surface area contributed by atoms with Crippen LogP contribution in [0.2, 0.25) is 5.02 Å².